The summed E-state index contributed by atoms with van der Waals surface area (Å²) in [6, 6.07) is 0. The number of nitrogens with zero attached hydrogens (tertiary/aromatic N) is 4. The zero-order valence-corrected chi connectivity index (χ0v) is 13.4. The van der Waals surface area contributed by atoms with E-state index in [1.807, 2.05) is 13.8 Å². The van der Waals surface area contributed by atoms with E-state index in [4.69, 9.17) is 9.84 Å². The van der Waals surface area contributed by atoms with Gasteiger partial charge in [-0.1, -0.05) is 19.1 Å². The van der Waals surface area contributed by atoms with Crippen LogP contribution < -0.4 is 11.2 Å². The van der Waals surface area contributed by atoms with Crippen molar-refractivity contribution in [2.45, 2.75) is 32.1 Å². The van der Waals surface area contributed by atoms with Gasteiger partial charge in [0, 0.05) is 6.20 Å². The smallest absolute Gasteiger partial charge is 0.331 e. The van der Waals surface area contributed by atoms with E-state index in [9.17, 15) is 19.8 Å². The SMILES string of the molecule is CC(C)c1cn(-c2cn([C@@H]3OC(CO)=C(O)C3O)c(=O)[nH]c2=O)nn1. The minimum atomic E-state index is -1.57. The van der Waals surface area contributed by atoms with E-state index in [0.717, 1.165) is 10.8 Å². The number of aromatic amines is 1. The standard InChI is InChI=1S/C14H17N5O6/c1-6(2)7-3-19(17-16-7)8-4-18(14(24)15-12(8)23)13-11(22)10(21)9(5-20)25-13/h3-4,6,11,13,20-22H,5H2,1-2H3,(H,15,23,24)/t11?,13-/m1/s1. The van der Waals surface area contributed by atoms with Gasteiger partial charge < -0.3 is 20.1 Å². The van der Waals surface area contributed by atoms with Gasteiger partial charge in [0.25, 0.3) is 5.56 Å². The Labute approximate surface area is 140 Å². The zero-order chi connectivity index (χ0) is 18.3. The molecule has 0 saturated carbocycles. The Morgan fingerprint density at radius 2 is 2.08 bits per heavy atom. The molecular weight excluding hydrogens is 334 g/mol. The Hall–Kier alpha value is -2.92. The third kappa shape index (κ3) is 2.83. The largest absolute Gasteiger partial charge is 0.506 e. The van der Waals surface area contributed by atoms with Crippen LogP contribution in [0.25, 0.3) is 5.69 Å². The average Bonchev–Trinajstić information content (AvgIpc) is 3.15. The lowest BCUT2D eigenvalue weighted by Gasteiger charge is -2.18. The van der Waals surface area contributed by atoms with Crippen molar-refractivity contribution >= 4 is 0 Å². The van der Waals surface area contributed by atoms with Crippen LogP contribution in [0.2, 0.25) is 0 Å². The molecule has 134 valence electrons. The summed E-state index contributed by atoms with van der Waals surface area (Å²) in [4.78, 5) is 26.3. The van der Waals surface area contributed by atoms with Crippen molar-refractivity contribution in [3.8, 4) is 5.69 Å². The Morgan fingerprint density at radius 1 is 1.36 bits per heavy atom. The fourth-order valence-corrected chi connectivity index (χ4v) is 2.38. The number of aliphatic hydroxyl groups is 3. The predicted octanol–water partition coefficient (Wildman–Crippen LogP) is -1.11. The highest BCUT2D eigenvalue weighted by Gasteiger charge is 2.37. The highest BCUT2D eigenvalue weighted by atomic mass is 16.5. The van der Waals surface area contributed by atoms with Crippen molar-refractivity contribution < 1.29 is 20.1 Å². The maximum atomic E-state index is 12.1. The number of hydrogen-bond acceptors (Lipinski definition) is 8. The first-order valence-electron chi connectivity index (χ1n) is 7.49. The molecule has 0 aromatic carbocycles. The number of hydrogen-bond donors (Lipinski definition) is 4. The molecule has 2 aromatic heterocycles. The van der Waals surface area contributed by atoms with E-state index in [1.165, 1.54) is 4.68 Å². The summed E-state index contributed by atoms with van der Waals surface area (Å²) in [5.74, 6) is -0.734. The molecule has 2 aromatic rings. The van der Waals surface area contributed by atoms with Crippen molar-refractivity contribution in [2.75, 3.05) is 6.61 Å². The fourth-order valence-electron chi connectivity index (χ4n) is 2.38. The van der Waals surface area contributed by atoms with Gasteiger partial charge in [0.1, 0.15) is 12.3 Å². The van der Waals surface area contributed by atoms with E-state index in [0.29, 0.717) is 5.69 Å². The van der Waals surface area contributed by atoms with Crippen molar-refractivity contribution in [1.82, 2.24) is 24.5 Å². The lowest BCUT2D eigenvalue weighted by Crippen LogP contribution is -2.37. The van der Waals surface area contributed by atoms with Crippen LogP contribution in [0.1, 0.15) is 31.7 Å². The van der Waals surface area contributed by atoms with Gasteiger partial charge in [-0.2, -0.15) is 0 Å². The molecule has 0 saturated heterocycles. The third-order valence-corrected chi connectivity index (χ3v) is 3.82. The Kier molecular flexibility index (Phi) is 4.18. The molecule has 2 atom stereocenters. The van der Waals surface area contributed by atoms with Gasteiger partial charge in [-0.25, -0.2) is 9.48 Å². The van der Waals surface area contributed by atoms with Crippen LogP contribution in [0.4, 0.5) is 0 Å². The Bertz CT molecular complexity index is 940. The molecular formula is C14H17N5O6. The second kappa shape index (κ2) is 6.18. The minimum absolute atomic E-state index is 0.0215. The fraction of sp³-hybridized carbons (Fsp3) is 0.429. The molecule has 0 fully saturated rings. The summed E-state index contributed by atoms with van der Waals surface area (Å²) >= 11 is 0. The van der Waals surface area contributed by atoms with E-state index in [2.05, 4.69) is 15.3 Å². The molecule has 25 heavy (non-hydrogen) atoms. The molecule has 0 bridgehead atoms. The van der Waals surface area contributed by atoms with Gasteiger partial charge in [0.2, 0.25) is 6.23 Å². The number of nitrogens with one attached hydrogen (secondary N) is 1. The van der Waals surface area contributed by atoms with E-state index >= 15 is 0 Å². The van der Waals surface area contributed by atoms with Crippen molar-refractivity contribution in [3.63, 3.8) is 0 Å². The van der Waals surface area contributed by atoms with Crippen molar-refractivity contribution in [1.29, 1.82) is 0 Å². The molecule has 0 amide bonds. The van der Waals surface area contributed by atoms with Crippen LogP contribution in [0.3, 0.4) is 0 Å². The highest BCUT2D eigenvalue weighted by molar-refractivity contribution is 5.25. The molecule has 4 N–H and O–H groups in total. The van der Waals surface area contributed by atoms with E-state index < -0.39 is 35.9 Å². The Morgan fingerprint density at radius 3 is 2.64 bits per heavy atom. The van der Waals surface area contributed by atoms with Gasteiger partial charge in [0.05, 0.1) is 11.9 Å². The summed E-state index contributed by atoms with van der Waals surface area (Å²) in [7, 11) is 0. The summed E-state index contributed by atoms with van der Waals surface area (Å²) < 4.78 is 7.30. The molecule has 1 aliphatic rings. The van der Waals surface area contributed by atoms with E-state index in [1.54, 1.807) is 6.20 Å². The topological polar surface area (TPSA) is 155 Å². The van der Waals surface area contributed by atoms with Crippen molar-refractivity contribution in [3.05, 3.63) is 50.4 Å². The molecule has 3 rings (SSSR count). The minimum Gasteiger partial charge on any atom is -0.506 e. The summed E-state index contributed by atoms with van der Waals surface area (Å²) in [5.41, 5.74) is -0.926. The second-order valence-electron chi connectivity index (χ2n) is 5.84. The first-order chi connectivity index (χ1) is 11.8. The maximum Gasteiger partial charge on any atom is 0.331 e. The maximum absolute atomic E-state index is 12.1. The number of H-pyrrole nitrogens is 1. The predicted molar refractivity (Wildman–Crippen MR) is 83.2 cm³/mol. The summed E-state index contributed by atoms with van der Waals surface area (Å²) in [6.07, 6.45) is -0.217. The third-order valence-electron chi connectivity index (χ3n) is 3.82. The molecule has 0 aliphatic carbocycles. The monoisotopic (exact) mass is 351 g/mol. The van der Waals surface area contributed by atoms with E-state index in [-0.39, 0.29) is 17.4 Å². The Balaban J connectivity index is 2.05. The molecule has 0 spiro atoms. The first-order valence-corrected chi connectivity index (χ1v) is 7.49. The lowest BCUT2D eigenvalue weighted by atomic mass is 10.2. The van der Waals surface area contributed by atoms with Gasteiger partial charge in [-0.3, -0.25) is 14.3 Å². The molecule has 11 heteroatoms. The van der Waals surface area contributed by atoms with Crippen molar-refractivity contribution in [2.24, 2.45) is 0 Å². The molecule has 3 heterocycles. The average molecular weight is 351 g/mol. The van der Waals surface area contributed by atoms with Gasteiger partial charge in [0.15, 0.2) is 17.6 Å². The summed E-state index contributed by atoms with van der Waals surface area (Å²) in [5, 5.41) is 36.6. The molecule has 11 nitrogen and oxygen atoms in total. The summed E-state index contributed by atoms with van der Waals surface area (Å²) in [6.45, 7) is 3.17. The number of rotatable bonds is 4. The lowest BCUT2D eigenvalue weighted by molar-refractivity contribution is -0.0172. The number of aliphatic hydroxyl groups excluding tert-OH is 3. The van der Waals surface area contributed by atoms with Crippen LogP contribution >= 0.6 is 0 Å². The van der Waals surface area contributed by atoms with Crippen LogP contribution in [-0.4, -0.2) is 52.6 Å². The second-order valence-corrected chi connectivity index (χ2v) is 5.84. The van der Waals surface area contributed by atoms with Crippen LogP contribution in [0, 0.1) is 0 Å². The van der Waals surface area contributed by atoms with Crippen LogP contribution in [-0.2, 0) is 4.74 Å². The molecule has 1 unspecified atom stereocenters. The molecule has 0 radical (unpaired) electrons. The quantitative estimate of drug-likeness (QED) is 0.540. The normalized spacial score (nSPS) is 20.4. The van der Waals surface area contributed by atoms with Crippen LogP contribution in [0.5, 0.6) is 0 Å². The van der Waals surface area contributed by atoms with Gasteiger partial charge in [-0.05, 0) is 5.92 Å². The van der Waals surface area contributed by atoms with Gasteiger partial charge in [-0.15, -0.1) is 5.10 Å². The molecule has 1 aliphatic heterocycles. The zero-order valence-electron chi connectivity index (χ0n) is 13.4. The number of aromatic nitrogens is 5. The number of ether oxygens (including phenoxy) is 1. The van der Waals surface area contributed by atoms with Crippen LogP contribution in [0.15, 0.2) is 33.5 Å². The first kappa shape index (κ1) is 16.9. The van der Waals surface area contributed by atoms with Gasteiger partial charge >= 0.3 is 5.69 Å². The highest BCUT2D eigenvalue weighted by Crippen LogP contribution is 2.30.